The van der Waals surface area contributed by atoms with Crippen molar-refractivity contribution < 1.29 is 9.45 Å². The molecule has 1 aromatic heterocycles. The van der Waals surface area contributed by atoms with Crippen LogP contribution in [0.25, 0.3) is 0 Å². The predicted molar refractivity (Wildman–Crippen MR) is 72.1 cm³/mol. The summed E-state index contributed by atoms with van der Waals surface area (Å²) in [5.74, 6) is 0.766. The highest BCUT2D eigenvalue weighted by atomic mass is 35.5. The van der Waals surface area contributed by atoms with Gasteiger partial charge in [-0.15, -0.1) is 12.4 Å². The van der Waals surface area contributed by atoms with E-state index in [4.69, 9.17) is 4.52 Å². The maximum atomic E-state index is 10.6. The minimum Gasteiger partial charge on any atom is -0.361 e. The highest BCUT2D eigenvalue weighted by Crippen LogP contribution is 2.12. The van der Waals surface area contributed by atoms with E-state index in [1.54, 1.807) is 12.1 Å². The van der Waals surface area contributed by atoms with Gasteiger partial charge in [0, 0.05) is 31.3 Å². The Balaban J connectivity index is 0.00000180. The molecule has 7 heteroatoms. The predicted octanol–water partition coefficient (Wildman–Crippen LogP) is 2.60. The van der Waals surface area contributed by atoms with Crippen molar-refractivity contribution in [1.29, 1.82) is 0 Å². The van der Waals surface area contributed by atoms with Crippen molar-refractivity contribution in [3.63, 3.8) is 0 Å². The van der Waals surface area contributed by atoms with Gasteiger partial charge in [0.1, 0.15) is 5.76 Å². The first-order chi connectivity index (χ1) is 8.65. The smallest absolute Gasteiger partial charge is 0.269 e. The van der Waals surface area contributed by atoms with E-state index in [0.29, 0.717) is 13.1 Å². The van der Waals surface area contributed by atoms with Crippen LogP contribution in [0.4, 0.5) is 5.69 Å². The molecule has 0 spiro atoms. The summed E-state index contributed by atoms with van der Waals surface area (Å²) in [6.45, 7) is 2.95. The van der Waals surface area contributed by atoms with Crippen LogP contribution in [0.15, 0.2) is 34.9 Å². The number of benzene rings is 1. The Morgan fingerprint density at radius 3 is 2.79 bits per heavy atom. The van der Waals surface area contributed by atoms with Gasteiger partial charge in [0.25, 0.3) is 5.69 Å². The zero-order valence-electron chi connectivity index (χ0n) is 10.3. The Kier molecular flexibility index (Phi) is 5.47. The number of hydrogen-bond acceptors (Lipinski definition) is 5. The first-order valence-corrected chi connectivity index (χ1v) is 5.51. The second-order valence-electron chi connectivity index (χ2n) is 3.96. The van der Waals surface area contributed by atoms with Gasteiger partial charge in [0.2, 0.25) is 0 Å². The zero-order valence-corrected chi connectivity index (χ0v) is 11.1. The Bertz CT molecular complexity index is 557. The second-order valence-corrected chi connectivity index (χ2v) is 3.96. The molecule has 0 fully saturated rings. The number of halogens is 1. The molecule has 102 valence electrons. The normalized spacial score (nSPS) is 9.95. The summed E-state index contributed by atoms with van der Waals surface area (Å²) in [4.78, 5) is 10.2. The Morgan fingerprint density at radius 1 is 1.37 bits per heavy atom. The molecule has 19 heavy (non-hydrogen) atoms. The maximum absolute atomic E-state index is 10.6. The molecule has 1 N–H and O–H groups in total. The van der Waals surface area contributed by atoms with Crippen LogP contribution in [-0.4, -0.2) is 10.1 Å². The number of hydrogen-bond donors (Lipinski definition) is 1. The first-order valence-electron chi connectivity index (χ1n) is 5.51. The van der Waals surface area contributed by atoms with Gasteiger partial charge in [-0.2, -0.15) is 0 Å². The van der Waals surface area contributed by atoms with E-state index in [1.807, 2.05) is 19.1 Å². The lowest BCUT2D eigenvalue weighted by atomic mass is 10.2. The minimum atomic E-state index is -0.398. The molecule has 1 heterocycles. The first kappa shape index (κ1) is 15.1. The van der Waals surface area contributed by atoms with Gasteiger partial charge in [-0.05, 0) is 12.5 Å². The molecular weight excluding hydrogens is 270 g/mol. The standard InChI is InChI=1S/C12H13N3O3.ClH/c1-9-5-11(14-18-9)8-13-7-10-3-2-4-12(6-10)15(16)17;/h2-6,13H,7-8H2,1H3;1H. The van der Waals surface area contributed by atoms with Crippen LogP contribution in [0.5, 0.6) is 0 Å². The average molecular weight is 284 g/mol. The van der Waals surface area contributed by atoms with Gasteiger partial charge in [0.05, 0.1) is 10.6 Å². The fourth-order valence-corrected chi connectivity index (χ4v) is 1.62. The molecule has 6 nitrogen and oxygen atoms in total. The van der Waals surface area contributed by atoms with Crippen LogP contribution in [-0.2, 0) is 13.1 Å². The number of nitrogens with zero attached hydrogens (tertiary/aromatic N) is 2. The molecular formula is C12H14ClN3O3. The second kappa shape index (κ2) is 6.86. The average Bonchev–Trinajstić information content (AvgIpc) is 2.75. The molecule has 0 saturated heterocycles. The summed E-state index contributed by atoms with van der Waals surface area (Å²) in [7, 11) is 0. The Labute approximate surface area is 116 Å². The number of nitro groups is 1. The van der Waals surface area contributed by atoms with Gasteiger partial charge < -0.3 is 9.84 Å². The molecule has 0 radical (unpaired) electrons. The summed E-state index contributed by atoms with van der Waals surface area (Å²) < 4.78 is 4.94. The van der Waals surface area contributed by atoms with Crippen LogP contribution < -0.4 is 5.32 Å². The molecule has 0 atom stereocenters. The topological polar surface area (TPSA) is 81.2 Å². The van der Waals surface area contributed by atoms with Crippen molar-refractivity contribution in [3.8, 4) is 0 Å². The largest absolute Gasteiger partial charge is 0.361 e. The molecule has 0 bridgehead atoms. The Hall–Kier alpha value is -1.92. The van der Waals surface area contributed by atoms with Crippen molar-refractivity contribution in [2.24, 2.45) is 0 Å². The molecule has 0 amide bonds. The van der Waals surface area contributed by atoms with Crippen LogP contribution >= 0.6 is 12.4 Å². The van der Waals surface area contributed by atoms with Crippen molar-refractivity contribution in [3.05, 3.63) is 57.5 Å². The van der Waals surface area contributed by atoms with Crippen LogP contribution in [0.1, 0.15) is 17.0 Å². The molecule has 2 rings (SSSR count). The number of aromatic nitrogens is 1. The van der Waals surface area contributed by atoms with Crippen LogP contribution in [0.2, 0.25) is 0 Å². The van der Waals surface area contributed by atoms with Gasteiger partial charge in [-0.1, -0.05) is 17.3 Å². The monoisotopic (exact) mass is 283 g/mol. The SMILES string of the molecule is Cc1cc(CNCc2cccc([N+](=O)[O-])c2)no1.Cl. The van der Waals surface area contributed by atoms with E-state index < -0.39 is 4.92 Å². The molecule has 0 unspecified atom stereocenters. The zero-order chi connectivity index (χ0) is 13.0. The minimum absolute atomic E-state index is 0. The lowest BCUT2D eigenvalue weighted by molar-refractivity contribution is -0.384. The van der Waals surface area contributed by atoms with Crippen LogP contribution in [0, 0.1) is 17.0 Å². The quantitative estimate of drug-likeness (QED) is 0.674. The number of non-ortho nitro benzene ring substituents is 1. The molecule has 0 aliphatic heterocycles. The van der Waals surface area contributed by atoms with Gasteiger partial charge >= 0.3 is 0 Å². The molecule has 0 saturated carbocycles. The summed E-state index contributed by atoms with van der Waals surface area (Å²) >= 11 is 0. The number of rotatable bonds is 5. The third kappa shape index (κ3) is 4.35. The van der Waals surface area contributed by atoms with Crippen molar-refractivity contribution in [2.45, 2.75) is 20.0 Å². The lowest BCUT2D eigenvalue weighted by Crippen LogP contribution is -2.12. The maximum Gasteiger partial charge on any atom is 0.269 e. The van der Waals surface area contributed by atoms with Gasteiger partial charge in [-0.25, -0.2) is 0 Å². The summed E-state index contributed by atoms with van der Waals surface area (Å²) in [5, 5.41) is 17.6. The lowest BCUT2D eigenvalue weighted by Gasteiger charge is -2.02. The molecule has 0 aliphatic rings. The van der Waals surface area contributed by atoms with Crippen molar-refractivity contribution in [2.75, 3.05) is 0 Å². The summed E-state index contributed by atoms with van der Waals surface area (Å²) in [6.07, 6.45) is 0. The highest BCUT2D eigenvalue weighted by Gasteiger charge is 2.05. The van der Waals surface area contributed by atoms with E-state index in [1.165, 1.54) is 6.07 Å². The molecule has 2 aromatic rings. The third-order valence-electron chi connectivity index (χ3n) is 2.43. The van der Waals surface area contributed by atoms with Crippen molar-refractivity contribution in [1.82, 2.24) is 10.5 Å². The summed E-state index contributed by atoms with van der Waals surface area (Å²) in [5.41, 5.74) is 1.79. The van der Waals surface area contributed by atoms with Gasteiger partial charge in [0.15, 0.2) is 0 Å². The van der Waals surface area contributed by atoms with Gasteiger partial charge in [-0.3, -0.25) is 10.1 Å². The van der Waals surface area contributed by atoms with E-state index in [-0.39, 0.29) is 18.1 Å². The Morgan fingerprint density at radius 2 is 2.16 bits per heavy atom. The van der Waals surface area contributed by atoms with E-state index >= 15 is 0 Å². The van der Waals surface area contributed by atoms with E-state index in [9.17, 15) is 10.1 Å². The highest BCUT2D eigenvalue weighted by molar-refractivity contribution is 5.85. The van der Waals surface area contributed by atoms with E-state index in [0.717, 1.165) is 17.0 Å². The number of nitro benzene ring substituents is 1. The fourth-order valence-electron chi connectivity index (χ4n) is 1.62. The number of nitrogens with one attached hydrogen (secondary N) is 1. The third-order valence-corrected chi connectivity index (χ3v) is 2.43. The molecule has 1 aromatic carbocycles. The van der Waals surface area contributed by atoms with Crippen LogP contribution in [0.3, 0.4) is 0 Å². The summed E-state index contributed by atoms with van der Waals surface area (Å²) in [6, 6.07) is 8.40. The molecule has 0 aliphatic carbocycles. The van der Waals surface area contributed by atoms with E-state index in [2.05, 4.69) is 10.5 Å². The van der Waals surface area contributed by atoms with Crippen molar-refractivity contribution >= 4 is 18.1 Å². The fraction of sp³-hybridized carbons (Fsp3) is 0.250. The number of aryl methyl sites for hydroxylation is 1.